The Bertz CT molecular complexity index is 219. The topological polar surface area (TPSA) is 23.3 Å². The molecule has 2 nitrogen and oxygen atoms in total. The van der Waals surface area contributed by atoms with Gasteiger partial charge in [0.25, 0.3) is 0 Å². The van der Waals surface area contributed by atoms with Crippen molar-refractivity contribution in [1.29, 1.82) is 0 Å². The van der Waals surface area contributed by atoms with Gasteiger partial charge in [0.2, 0.25) is 0 Å². The van der Waals surface area contributed by atoms with Crippen LogP contribution in [0.25, 0.3) is 5.32 Å². The Balaban J connectivity index is 0.000000318. The van der Waals surface area contributed by atoms with Gasteiger partial charge in [-0.3, -0.25) is 0 Å². The molecular formula is C13H22KNO. The Hall–Kier alpha value is 0.876. The summed E-state index contributed by atoms with van der Waals surface area (Å²) in [5, 5.41) is 4.33. The van der Waals surface area contributed by atoms with Gasteiger partial charge in [-0.2, -0.15) is 6.20 Å². The van der Waals surface area contributed by atoms with Crippen molar-refractivity contribution in [2.75, 3.05) is 13.2 Å². The summed E-state index contributed by atoms with van der Waals surface area (Å²) >= 11 is 0. The van der Waals surface area contributed by atoms with Gasteiger partial charge >= 0.3 is 51.4 Å². The molecule has 0 aromatic carbocycles. The average Bonchev–Trinajstić information content (AvgIpc) is 2.76. The van der Waals surface area contributed by atoms with Gasteiger partial charge in [-0.05, 0) is 18.3 Å². The van der Waals surface area contributed by atoms with Gasteiger partial charge in [0.1, 0.15) is 0 Å². The van der Waals surface area contributed by atoms with Crippen LogP contribution >= 0.6 is 0 Å². The van der Waals surface area contributed by atoms with Crippen LogP contribution in [0.3, 0.4) is 0 Å². The van der Waals surface area contributed by atoms with Crippen molar-refractivity contribution in [3.63, 3.8) is 0 Å². The molecule has 0 radical (unpaired) electrons. The standard InChI is InChI=1S/C9H14N.C4H8O.K/c1-9(2,3)8-6-4-5-7-10-8;1-2-4-5-3-1;/h4-8H,1-3H3;1-4H2;/q-1;;+1/t8-;;/m1../s1. The first-order valence-electron chi connectivity index (χ1n) is 5.72. The van der Waals surface area contributed by atoms with E-state index >= 15 is 0 Å². The van der Waals surface area contributed by atoms with Gasteiger partial charge in [0.15, 0.2) is 0 Å². The minimum atomic E-state index is 0. The number of hydrogen-bond donors (Lipinski definition) is 0. The van der Waals surface area contributed by atoms with Gasteiger partial charge in [-0.25, -0.2) is 0 Å². The van der Waals surface area contributed by atoms with E-state index in [0.29, 0.717) is 6.04 Å². The minimum absolute atomic E-state index is 0. The van der Waals surface area contributed by atoms with Gasteiger partial charge in [-0.15, -0.1) is 0 Å². The molecule has 1 atom stereocenters. The summed E-state index contributed by atoms with van der Waals surface area (Å²) in [6, 6.07) is 0.359. The number of hydrogen-bond acceptors (Lipinski definition) is 1. The first kappa shape index (κ1) is 16.9. The third-order valence-electron chi connectivity index (χ3n) is 2.45. The van der Waals surface area contributed by atoms with Gasteiger partial charge < -0.3 is 10.1 Å². The molecule has 0 N–H and O–H groups in total. The van der Waals surface area contributed by atoms with Gasteiger partial charge in [-0.1, -0.05) is 45.0 Å². The summed E-state index contributed by atoms with van der Waals surface area (Å²) in [6.07, 6.45) is 10.6. The molecule has 2 rings (SSSR count). The molecule has 0 spiro atoms. The minimum Gasteiger partial charge on any atom is -0.684 e. The van der Waals surface area contributed by atoms with Crippen LogP contribution in [0, 0.1) is 5.41 Å². The van der Waals surface area contributed by atoms with E-state index in [-0.39, 0.29) is 56.8 Å². The maximum Gasteiger partial charge on any atom is 1.00 e. The molecule has 2 heterocycles. The predicted octanol–water partition coefficient (Wildman–Crippen LogP) is 0.659. The van der Waals surface area contributed by atoms with Crippen LogP contribution in [0.1, 0.15) is 33.6 Å². The van der Waals surface area contributed by atoms with E-state index in [1.807, 2.05) is 12.3 Å². The second-order valence-corrected chi connectivity index (χ2v) is 5.01. The molecule has 2 aliphatic rings. The Kier molecular flexibility index (Phi) is 9.38. The zero-order valence-electron chi connectivity index (χ0n) is 11.1. The zero-order chi connectivity index (χ0) is 11.1. The zero-order valence-corrected chi connectivity index (χ0v) is 14.2. The van der Waals surface area contributed by atoms with E-state index in [4.69, 9.17) is 4.74 Å². The number of rotatable bonds is 0. The normalized spacial score (nSPS) is 22.8. The molecule has 0 aromatic rings. The molecule has 16 heavy (non-hydrogen) atoms. The Morgan fingerprint density at radius 2 is 1.75 bits per heavy atom. The Morgan fingerprint density at radius 3 is 2.00 bits per heavy atom. The van der Waals surface area contributed by atoms with E-state index in [2.05, 4.69) is 38.2 Å². The molecule has 0 saturated carbocycles. The molecule has 1 fully saturated rings. The molecule has 1 saturated heterocycles. The second kappa shape index (κ2) is 8.89. The average molecular weight is 247 g/mol. The fourth-order valence-electron chi connectivity index (χ4n) is 1.43. The smallest absolute Gasteiger partial charge is 0.684 e. The maximum atomic E-state index is 4.94. The number of ether oxygens (including phenoxy) is 1. The summed E-state index contributed by atoms with van der Waals surface area (Å²) in [5.41, 5.74) is 0.265. The van der Waals surface area contributed by atoms with Crippen LogP contribution in [0.5, 0.6) is 0 Å². The van der Waals surface area contributed by atoms with Crippen molar-refractivity contribution in [3.05, 3.63) is 29.7 Å². The van der Waals surface area contributed by atoms with Crippen LogP contribution in [-0.2, 0) is 4.74 Å². The quantitative estimate of drug-likeness (QED) is 0.577. The molecule has 3 heteroatoms. The van der Waals surface area contributed by atoms with Gasteiger partial charge in [0, 0.05) is 13.2 Å². The number of nitrogens with zero attached hydrogens (tertiary/aromatic N) is 1. The first-order valence-corrected chi connectivity index (χ1v) is 5.72. The first-order chi connectivity index (χ1) is 7.11. The molecule has 0 unspecified atom stereocenters. The van der Waals surface area contributed by atoms with Crippen molar-refractivity contribution in [1.82, 2.24) is 0 Å². The summed E-state index contributed by atoms with van der Waals surface area (Å²) in [6.45, 7) is 8.60. The Morgan fingerprint density at radius 1 is 1.12 bits per heavy atom. The summed E-state index contributed by atoms with van der Waals surface area (Å²) < 4.78 is 4.94. The SMILES string of the molecule is C1CCOC1.CC(C)(C)[C@H]1C=CC=C[N-]1.[K+]. The van der Waals surface area contributed by atoms with E-state index < -0.39 is 0 Å². The van der Waals surface area contributed by atoms with E-state index in [9.17, 15) is 0 Å². The largest absolute Gasteiger partial charge is 1.00 e. The molecule has 0 aliphatic carbocycles. The van der Waals surface area contributed by atoms with Crippen molar-refractivity contribution >= 4 is 0 Å². The maximum absolute atomic E-state index is 4.94. The van der Waals surface area contributed by atoms with E-state index in [0.717, 1.165) is 13.2 Å². The van der Waals surface area contributed by atoms with E-state index in [1.165, 1.54) is 12.8 Å². The summed E-state index contributed by atoms with van der Waals surface area (Å²) in [4.78, 5) is 0. The van der Waals surface area contributed by atoms with Crippen LogP contribution < -0.4 is 51.4 Å². The molecule has 86 valence electrons. The predicted molar refractivity (Wildman–Crippen MR) is 64.9 cm³/mol. The molecule has 0 bridgehead atoms. The summed E-state index contributed by atoms with van der Waals surface area (Å²) in [7, 11) is 0. The van der Waals surface area contributed by atoms with Crippen molar-refractivity contribution < 1.29 is 56.1 Å². The molecule has 0 aromatic heterocycles. The van der Waals surface area contributed by atoms with Crippen molar-refractivity contribution in [2.45, 2.75) is 39.7 Å². The molecule has 0 amide bonds. The number of allylic oxidation sites excluding steroid dienone is 2. The van der Waals surface area contributed by atoms with E-state index in [1.54, 1.807) is 0 Å². The molecular weight excluding hydrogens is 225 g/mol. The van der Waals surface area contributed by atoms with Crippen LogP contribution in [0.2, 0.25) is 0 Å². The fourth-order valence-corrected chi connectivity index (χ4v) is 1.43. The molecule has 2 aliphatic heterocycles. The second-order valence-electron chi connectivity index (χ2n) is 5.01. The monoisotopic (exact) mass is 247 g/mol. The van der Waals surface area contributed by atoms with Crippen molar-refractivity contribution in [2.24, 2.45) is 5.41 Å². The third kappa shape index (κ3) is 7.25. The van der Waals surface area contributed by atoms with Crippen LogP contribution in [0.15, 0.2) is 24.4 Å². The van der Waals surface area contributed by atoms with Crippen molar-refractivity contribution in [3.8, 4) is 0 Å². The Labute approximate surface area is 142 Å². The van der Waals surface area contributed by atoms with Gasteiger partial charge in [0.05, 0.1) is 0 Å². The fraction of sp³-hybridized carbons (Fsp3) is 0.692. The van der Waals surface area contributed by atoms with Crippen LogP contribution in [0.4, 0.5) is 0 Å². The summed E-state index contributed by atoms with van der Waals surface area (Å²) in [5.74, 6) is 0. The third-order valence-corrected chi connectivity index (χ3v) is 2.45. The van der Waals surface area contributed by atoms with Crippen LogP contribution in [-0.4, -0.2) is 19.3 Å².